The number of ether oxygens (including phenoxy) is 1. The van der Waals surface area contributed by atoms with Gasteiger partial charge in [0, 0.05) is 31.2 Å². The molecular formula is C15H30N2O. The highest BCUT2D eigenvalue weighted by Crippen LogP contribution is 2.32. The minimum Gasteiger partial charge on any atom is -0.381 e. The van der Waals surface area contributed by atoms with Gasteiger partial charge in [-0.1, -0.05) is 20.3 Å². The Morgan fingerprint density at radius 1 is 1.39 bits per heavy atom. The lowest BCUT2D eigenvalue weighted by Crippen LogP contribution is -2.48. The fourth-order valence-corrected chi connectivity index (χ4v) is 3.08. The molecule has 1 saturated carbocycles. The average molecular weight is 254 g/mol. The predicted molar refractivity (Wildman–Crippen MR) is 75.8 cm³/mol. The standard InChI is InChI=1S/C15H30N2O/c1-13(2)9-16-10-15(7-8-18-12-15)11-17(3)14-5-4-6-14/h13-14,16H,4-12H2,1-3H3. The predicted octanol–water partition coefficient (Wildman–Crippen LogP) is 2.12. The normalized spacial score (nSPS) is 29.2. The summed E-state index contributed by atoms with van der Waals surface area (Å²) in [4.78, 5) is 2.58. The molecule has 106 valence electrons. The molecule has 0 bridgehead atoms. The van der Waals surface area contributed by atoms with E-state index in [1.165, 1.54) is 32.2 Å². The van der Waals surface area contributed by atoms with Crippen LogP contribution in [0.25, 0.3) is 0 Å². The van der Waals surface area contributed by atoms with Crippen LogP contribution in [-0.2, 0) is 4.74 Å². The first-order valence-corrected chi connectivity index (χ1v) is 7.60. The van der Waals surface area contributed by atoms with E-state index in [4.69, 9.17) is 4.74 Å². The molecule has 1 atom stereocenters. The molecule has 1 unspecified atom stereocenters. The molecule has 1 aliphatic carbocycles. The van der Waals surface area contributed by atoms with Crippen molar-refractivity contribution in [3.63, 3.8) is 0 Å². The van der Waals surface area contributed by atoms with Crippen LogP contribution in [0, 0.1) is 11.3 Å². The van der Waals surface area contributed by atoms with E-state index in [1.54, 1.807) is 0 Å². The van der Waals surface area contributed by atoms with E-state index in [-0.39, 0.29) is 0 Å². The second kappa shape index (κ2) is 6.36. The average Bonchev–Trinajstić information content (AvgIpc) is 2.63. The van der Waals surface area contributed by atoms with Crippen molar-refractivity contribution in [1.82, 2.24) is 10.2 Å². The van der Waals surface area contributed by atoms with Crippen LogP contribution in [0.1, 0.15) is 39.5 Å². The van der Waals surface area contributed by atoms with Gasteiger partial charge in [-0.05, 0) is 38.8 Å². The molecule has 0 aromatic carbocycles. The monoisotopic (exact) mass is 254 g/mol. The third kappa shape index (κ3) is 3.69. The van der Waals surface area contributed by atoms with Crippen molar-refractivity contribution in [2.24, 2.45) is 11.3 Å². The number of hydrogen-bond acceptors (Lipinski definition) is 3. The Labute approximate surface area is 112 Å². The van der Waals surface area contributed by atoms with Crippen LogP contribution in [0.15, 0.2) is 0 Å². The zero-order valence-corrected chi connectivity index (χ0v) is 12.4. The number of nitrogens with one attached hydrogen (secondary N) is 1. The van der Waals surface area contributed by atoms with Crippen LogP contribution >= 0.6 is 0 Å². The SMILES string of the molecule is CC(C)CNCC1(CN(C)C2CCC2)CCOC1. The lowest BCUT2D eigenvalue weighted by atomic mass is 9.84. The van der Waals surface area contributed by atoms with Gasteiger partial charge in [0.15, 0.2) is 0 Å². The fourth-order valence-electron chi connectivity index (χ4n) is 3.08. The van der Waals surface area contributed by atoms with Crippen molar-refractivity contribution in [1.29, 1.82) is 0 Å². The minimum atomic E-state index is 0.360. The van der Waals surface area contributed by atoms with Gasteiger partial charge in [-0.25, -0.2) is 0 Å². The van der Waals surface area contributed by atoms with E-state index in [0.29, 0.717) is 5.41 Å². The maximum Gasteiger partial charge on any atom is 0.0547 e. The van der Waals surface area contributed by atoms with Gasteiger partial charge in [0.1, 0.15) is 0 Å². The summed E-state index contributed by atoms with van der Waals surface area (Å²) in [5, 5.41) is 3.64. The molecule has 1 aliphatic heterocycles. The second-order valence-electron chi connectivity index (χ2n) is 6.83. The molecule has 3 nitrogen and oxygen atoms in total. The Bertz CT molecular complexity index is 245. The van der Waals surface area contributed by atoms with Crippen LogP contribution in [0.3, 0.4) is 0 Å². The Kier molecular flexibility index (Phi) is 5.05. The summed E-state index contributed by atoms with van der Waals surface area (Å²) in [5.74, 6) is 0.730. The summed E-state index contributed by atoms with van der Waals surface area (Å²) in [6.45, 7) is 9.85. The van der Waals surface area contributed by atoms with E-state index in [2.05, 4.69) is 31.1 Å². The van der Waals surface area contributed by atoms with Crippen molar-refractivity contribution in [2.45, 2.75) is 45.6 Å². The first kappa shape index (κ1) is 14.3. The number of nitrogens with zero attached hydrogens (tertiary/aromatic N) is 1. The summed E-state index contributed by atoms with van der Waals surface area (Å²) in [5.41, 5.74) is 0.360. The summed E-state index contributed by atoms with van der Waals surface area (Å²) in [7, 11) is 2.30. The van der Waals surface area contributed by atoms with Gasteiger partial charge < -0.3 is 15.0 Å². The molecule has 1 saturated heterocycles. The highest BCUT2D eigenvalue weighted by Gasteiger charge is 2.37. The van der Waals surface area contributed by atoms with Gasteiger partial charge in [0.25, 0.3) is 0 Å². The molecule has 0 spiro atoms. The van der Waals surface area contributed by atoms with Crippen molar-refractivity contribution < 1.29 is 4.74 Å². The molecule has 1 heterocycles. The number of hydrogen-bond donors (Lipinski definition) is 1. The topological polar surface area (TPSA) is 24.5 Å². The molecule has 0 amide bonds. The minimum absolute atomic E-state index is 0.360. The second-order valence-corrected chi connectivity index (χ2v) is 6.83. The zero-order chi connectivity index (χ0) is 13.0. The molecule has 3 heteroatoms. The van der Waals surface area contributed by atoms with E-state index >= 15 is 0 Å². The van der Waals surface area contributed by atoms with Crippen molar-refractivity contribution >= 4 is 0 Å². The molecule has 2 aliphatic rings. The van der Waals surface area contributed by atoms with Gasteiger partial charge in [-0.15, -0.1) is 0 Å². The van der Waals surface area contributed by atoms with Crippen molar-refractivity contribution in [2.75, 3.05) is 39.9 Å². The molecular weight excluding hydrogens is 224 g/mol. The highest BCUT2D eigenvalue weighted by molar-refractivity contribution is 4.90. The lowest BCUT2D eigenvalue weighted by Gasteiger charge is -2.40. The Hall–Kier alpha value is -0.120. The molecule has 2 rings (SSSR count). The third-order valence-electron chi connectivity index (χ3n) is 4.52. The van der Waals surface area contributed by atoms with Crippen LogP contribution in [0.5, 0.6) is 0 Å². The quantitative estimate of drug-likeness (QED) is 0.753. The molecule has 0 aromatic heterocycles. The van der Waals surface area contributed by atoms with Crippen LogP contribution in [-0.4, -0.2) is 50.8 Å². The Morgan fingerprint density at radius 3 is 2.67 bits per heavy atom. The van der Waals surface area contributed by atoms with Crippen LogP contribution in [0.4, 0.5) is 0 Å². The first-order valence-electron chi connectivity index (χ1n) is 7.60. The molecule has 1 N–H and O–H groups in total. The van der Waals surface area contributed by atoms with E-state index in [1.807, 2.05) is 0 Å². The van der Waals surface area contributed by atoms with Crippen LogP contribution in [0.2, 0.25) is 0 Å². The maximum atomic E-state index is 5.68. The van der Waals surface area contributed by atoms with Gasteiger partial charge in [0.2, 0.25) is 0 Å². The van der Waals surface area contributed by atoms with Crippen molar-refractivity contribution in [3.05, 3.63) is 0 Å². The lowest BCUT2D eigenvalue weighted by molar-refractivity contribution is 0.0756. The third-order valence-corrected chi connectivity index (χ3v) is 4.52. The Morgan fingerprint density at radius 2 is 2.17 bits per heavy atom. The summed E-state index contributed by atoms with van der Waals surface area (Å²) >= 11 is 0. The van der Waals surface area contributed by atoms with Gasteiger partial charge in [-0.3, -0.25) is 0 Å². The molecule has 0 radical (unpaired) electrons. The highest BCUT2D eigenvalue weighted by atomic mass is 16.5. The Balaban J connectivity index is 1.81. The van der Waals surface area contributed by atoms with Gasteiger partial charge in [0.05, 0.1) is 6.61 Å². The van der Waals surface area contributed by atoms with Crippen LogP contribution < -0.4 is 5.32 Å². The first-order chi connectivity index (χ1) is 8.61. The fraction of sp³-hybridized carbons (Fsp3) is 1.00. The van der Waals surface area contributed by atoms with E-state index < -0.39 is 0 Å². The summed E-state index contributed by atoms with van der Waals surface area (Å²) in [6.07, 6.45) is 5.43. The molecule has 0 aromatic rings. The zero-order valence-electron chi connectivity index (χ0n) is 12.4. The van der Waals surface area contributed by atoms with Crippen molar-refractivity contribution in [3.8, 4) is 0 Å². The van der Waals surface area contributed by atoms with Gasteiger partial charge in [-0.2, -0.15) is 0 Å². The molecule has 2 fully saturated rings. The maximum absolute atomic E-state index is 5.68. The van der Waals surface area contributed by atoms with Gasteiger partial charge >= 0.3 is 0 Å². The number of rotatable bonds is 7. The largest absolute Gasteiger partial charge is 0.381 e. The molecule has 18 heavy (non-hydrogen) atoms. The summed E-state index contributed by atoms with van der Waals surface area (Å²) < 4.78 is 5.68. The summed E-state index contributed by atoms with van der Waals surface area (Å²) in [6, 6.07) is 0.840. The van der Waals surface area contributed by atoms with E-state index in [9.17, 15) is 0 Å². The van der Waals surface area contributed by atoms with E-state index in [0.717, 1.165) is 38.3 Å². The smallest absolute Gasteiger partial charge is 0.0547 e.